The van der Waals surface area contributed by atoms with Crippen LogP contribution in [0.1, 0.15) is 53.1 Å². The quantitative estimate of drug-likeness (QED) is 0.728. The Kier molecular flexibility index (Phi) is 4.44. The van der Waals surface area contributed by atoms with E-state index >= 15 is 0 Å². The summed E-state index contributed by atoms with van der Waals surface area (Å²) < 4.78 is 0. The van der Waals surface area contributed by atoms with Crippen molar-refractivity contribution in [3.05, 3.63) is 76.7 Å². The zero-order chi connectivity index (χ0) is 19.0. The molecule has 0 unspecified atom stereocenters. The average Bonchev–Trinajstić information content (AvgIpc) is 2.99. The highest BCUT2D eigenvalue weighted by molar-refractivity contribution is 6.02. The molecule has 138 valence electrons. The zero-order valence-corrected chi connectivity index (χ0v) is 15.7. The van der Waals surface area contributed by atoms with Crippen LogP contribution in [0.15, 0.2) is 48.7 Å². The minimum Gasteiger partial charge on any atom is -0.390 e. The van der Waals surface area contributed by atoms with Crippen molar-refractivity contribution in [1.82, 2.24) is 9.97 Å². The van der Waals surface area contributed by atoms with Gasteiger partial charge in [0.25, 0.3) is 0 Å². The van der Waals surface area contributed by atoms with Crippen molar-refractivity contribution in [1.29, 1.82) is 0 Å². The van der Waals surface area contributed by atoms with E-state index < -0.39 is 0 Å². The van der Waals surface area contributed by atoms with E-state index in [2.05, 4.69) is 35.9 Å². The van der Waals surface area contributed by atoms with Crippen LogP contribution < -0.4 is 0 Å². The molecule has 0 amide bonds. The number of Topliss-reactive ketones (excluding diaryl/α,β-unsaturated/α-hetero) is 1. The second-order valence-corrected chi connectivity index (χ2v) is 8.13. The smallest absolute Gasteiger partial charge is 0.165 e. The number of pyridine rings is 1. The van der Waals surface area contributed by atoms with Crippen molar-refractivity contribution in [2.45, 2.75) is 39.7 Å². The Morgan fingerprint density at radius 1 is 1.15 bits per heavy atom. The number of nitrogens with one attached hydrogen (secondary N) is 1. The van der Waals surface area contributed by atoms with E-state index in [0.717, 1.165) is 34.5 Å². The normalized spacial score (nSPS) is 15.6. The molecule has 3 aromatic rings. The van der Waals surface area contributed by atoms with E-state index in [-0.39, 0.29) is 17.8 Å². The van der Waals surface area contributed by atoms with Gasteiger partial charge in [-0.05, 0) is 35.1 Å². The van der Waals surface area contributed by atoms with Crippen LogP contribution in [0.3, 0.4) is 0 Å². The predicted molar refractivity (Wildman–Crippen MR) is 106 cm³/mol. The lowest BCUT2D eigenvalue weighted by Crippen LogP contribution is -2.27. The van der Waals surface area contributed by atoms with Gasteiger partial charge in [0.15, 0.2) is 5.78 Å². The number of rotatable bonds is 4. The lowest BCUT2D eigenvalue weighted by atomic mass is 9.75. The largest absolute Gasteiger partial charge is 0.390 e. The summed E-state index contributed by atoms with van der Waals surface area (Å²) in [5, 5.41) is 9.46. The lowest BCUT2D eigenvalue weighted by molar-refractivity contribution is 0.0911. The second kappa shape index (κ2) is 6.78. The molecule has 1 aliphatic rings. The molecule has 2 aromatic heterocycles. The van der Waals surface area contributed by atoms with Crippen LogP contribution in [0, 0.1) is 5.41 Å². The van der Waals surface area contributed by atoms with Gasteiger partial charge in [-0.15, -0.1) is 0 Å². The summed E-state index contributed by atoms with van der Waals surface area (Å²) >= 11 is 0. The third kappa shape index (κ3) is 3.45. The number of nitrogens with zero attached hydrogens (tertiary/aromatic N) is 1. The van der Waals surface area contributed by atoms with E-state index in [1.165, 1.54) is 5.56 Å². The Hall–Kier alpha value is -2.72. The lowest BCUT2D eigenvalue weighted by Gasteiger charge is -2.28. The van der Waals surface area contributed by atoms with Crippen molar-refractivity contribution in [2.24, 2.45) is 5.41 Å². The molecule has 0 saturated carbocycles. The Morgan fingerprint density at radius 3 is 2.67 bits per heavy atom. The monoisotopic (exact) mass is 360 g/mol. The van der Waals surface area contributed by atoms with Gasteiger partial charge < -0.3 is 10.1 Å². The third-order valence-corrected chi connectivity index (χ3v) is 5.25. The van der Waals surface area contributed by atoms with Gasteiger partial charge in [0.1, 0.15) is 0 Å². The standard InChI is InChI=1S/C23H24N2O2/c1-23(2)12-19-21(20(27)13-23)18(10-15-6-4-3-5-7-15)22(25-19)16-8-9-24-17(11-16)14-26/h3-9,11,25-26H,10,12-14H2,1-2H3. The van der Waals surface area contributed by atoms with Gasteiger partial charge in [-0.1, -0.05) is 44.2 Å². The summed E-state index contributed by atoms with van der Waals surface area (Å²) in [5.74, 6) is 0.214. The number of H-pyrrole nitrogens is 1. The zero-order valence-electron chi connectivity index (χ0n) is 15.7. The summed E-state index contributed by atoms with van der Waals surface area (Å²) in [5.41, 5.74) is 6.62. The first-order valence-corrected chi connectivity index (χ1v) is 9.34. The number of aromatic nitrogens is 2. The van der Waals surface area contributed by atoms with Crippen LogP contribution in [0.5, 0.6) is 0 Å². The molecule has 1 aromatic carbocycles. The fraction of sp³-hybridized carbons (Fsp3) is 0.304. The van der Waals surface area contributed by atoms with Crippen molar-refractivity contribution in [2.75, 3.05) is 0 Å². The third-order valence-electron chi connectivity index (χ3n) is 5.25. The first-order chi connectivity index (χ1) is 13.0. The molecule has 0 saturated heterocycles. The molecule has 0 spiro atoms. The second-order valence-electron chi connectivity index (χ2n) is 8.13. The van der Waals surface area contributed by atoms with Gasteiger partial charge in [0.05, 0.1) is 18.0 Å². The van der Waals surface area contributed by atoms with Crippen LogP contribution in [-0.4, -0.2) is 20.9 Å². The highest BCUT2D eigenvalue weighted by atomic mass is 16.3. The van der Waals surface area contributed by atoms with Crippen LogP contribution >= 0.6 is 0 Å². The number of benzene rings is 1. The molecule has 0 fully saturated rings. The number of aromatic amines is 1. The maximum Gasteiger partial charge on any atom is 0.165 e. The highest BCUT2D eigenvalue weighted by Gasteiger charge is 2.35. The minimum atomic E-state index is -0.103. The van der Waals surface area contributed by atoms with Crippen molar-refractivity contribution < 1.29 is 9.90 Å². The molecule has 2 heterocycles. The Bertz CT molecular complexity index is 987. The van der Waals surface area contributed by atoms with E-state index in [0.29, 0.717) is 18.5 Å². The number of fused-ring (bicyclic) bond motifs is 1. The fourth-order valence-electron chi connectivity index (χ4n) is 4.07. The molecular formula is C23H24N2O2. The molecule has 0 bridgehead atoms. The molecule has 27 heavy (non-hydrogen) atoms. The van der Waals surface area contributed by atoms with Gasteiger partial charge >= 0.3 is 0 Å². The number of hydrogen-bond acceptors (Lipinski definition) is 3. The number of hydrogen-bond donors (Lipinski definition) is 2. The minimum absolute atomic E-state index is 0.0370. The Labute approximate surface area is 159 Å². The molecule has 0 atom stereocenters. The number of carbonyl (C=O) groups excluding carboxylic acids is 1. The van der Waals surface area contributed by atoms with Gasteiger partial charge in [-0.2, -0.15) is 0 Å². The molecule has 4 rings (SSSR count). The van der Waals surface area contributed by atoms with Crippen LogP contribution in [-0.2, 0) is 19.4 Å². The average molecular weight is 360 g/mol. The van der Waals surface area contributed by atoms with Crippen molar-refractivity contribution >= 4 is 5.78 Å². The maximum atomic E-state index is 13.0. The molecule has 0 radical (unpaired) electrons. The van der Waals surface area contributed by atoms with Crippen LogP contribution in [0.2, 0.25) is 0 Å². The van der Waals surface area contributed by atoms with Crippen LogP contribution in [0.25, 0.3) is 11.3 Å². The topological polar surface area (TPSA) is 66.0 Å². The molecular weight excluding hydrogens is 336 g/mol. The first-order valence-electron chi connectivity index (χ1n) is 9.34. The van der Waals surface area contributed by atoms with E-state index in [1.807, 2.05) is 30.3 Å². The number of ketones is 1. The van der Waals surface area contributed by atoms with Gasteiger partial charge in [-0.25, -0.2) is 0 Å². The molecule has 0 aliphatic heterocycles. The van der Waals surface area contributed by atoms with Gasteiger partial charge in [0.2, 0.25) is 0 Å². The highest BCUT2D eigenvalue weighted by Crippen LogP contribution is 2.40. The first kappa shape index (κ1) is 17.7. The Balaban J connectivity index is 1.88. The number of aliphatic hydroxyl groups excluding tert-OH is 1. The molecule has 4 heteroatoms. The summed E-state index contributed by atoms with van der Waals surface area (Å²) in [6, 6.07) is 14.0. The van der Waals surface area contributed by atoms with Crippen molar-refractivity contribution in [3.63, 3.8) is 0 Å². The number of aliphatic hydroxyl groups is 1. The van der Waals surface area contributed by atoms with Gasteiger partial charge in [0, 0.05) is 35.9 Å². The van der Waals surface area contributed by atoms with E-state index in [4.69, 9.17) is 0 Å². The van der Waals surface area contributed by atoms with Crippen molar-refractivity contribution in [3.8, 4) is 11.3 Å². The summed E-state index contributed by atoms with van der Waals surface area (Å²) in [6.45, 7) is 4.18. The predicted octanol–water partition coefficient (Wildman–Crippen LogP) is 4.31. The maximum absolute atomic E-state index is 13.0. The summed E-state index contributed by atoms with van der Waals surface area (Å²) in [7, 11) is 0. The molecule has 2 N–H and O–H groups in total. The van der Waals surface area contributed by atoms with Gasteiger partial charge in [-0.3, -0.25) is 9.78 Å². The molecule has 4 nitrogen and oxygen atoms in total. The fourth-order valence-corrected chi connectivity index (χ4v) is 4.07. The Morgan fingerprint density at radius 2 is 1.93 bits per heavy atom. The summed E-state index contributed by atoms with van der Waals surface area (Å²) in [4.78, 5) is 20.7. The van der Waals surface area contributed by atoms with E-state index in [1.54, 1.807) is 6.20 Å². The van der Waals surface area contributed by atoms with Crippen LogP contribution in [0.4, 0.5) is 0 Å². The SMILES string of the molecule is CC1(C)CC(=O)c2c([nH]c(-c3ccnc(CO)c3)c2Cc2ccccc2)C1. The molecule has 1 aliphatic carbocycles. The summed E-state index contributed by atoms with van der Waals surface area (Å²) in [6.07, 6.45) is 3.83. The van der Waals surface area contributed by atoms with E-state index in [9.17, 15) is 9.90 Å². The number of carbonyl (C=O) groups is 1.